The summed E-state index contributed by atoms with van der Waals surface area (Å²) in [4.78, 5) is 19.1. The van der Waals surface area contributed by atoms with Crippen LogP contribution in [0.2, 0.25) is 0 Å². The SMILES string of the molecule is NCC1(C(=O)NCc2ncc[nH]2)CCCC1. The van der Waals surface area contributed by atoms with Crippen LogP contribution in [0, 0.1) is 5.41 Å². The summed E-state index contributed by atoms with van der Waals surface area (Å²) < 4.78 is 0. The zero-order valence-electron chi connectivity index (χ0n) is 9.33. The van der Waals surface area contributed by atoms with Crippen LogP contribution < -0.4 is 11.1 Å². The summed E-state index contributed by atoms with van der Waals surface area (Å²) in [6.45, 7) is 0.893. The lowest BCUT2D eigenvalue weighted by molar-refractivity contribution is -0.130. The highest BCUT2D eigenvalue weighted by Crippen LogP contribution is 2.37. The number of hydrogen-bond acceptors (Lipinski definition) is 3. The first-order chi connectivity index (χ1) is 7.77. The molecule has 1 saturated carbocycles. The molecule has 0 radical (unpaired) electrons. The van der Waals surface area contributed by atoms with Crippen molar-refractivity contribution in [2.45, 2.75) is 32.2 Å². The summed E-state index contributed by atoms with van der Waals surface area (Å²) in [7, 11) is 0. The number of carbonyl (C=O) groups excluding carboxylic acids is 1. The highest BCUT2D eigenvalue weighted by atomic mass is 16.2. The summed E-state index contributed by atoms with van der Waals surface area (Å²) in [6, 6.07) is 0. The first-order valence-corrected chi connectivity index (χ1v) is 5.73. The van der Waals surface area contributed by atoms with Crippen LogP contribution in [-0.4, -0.2) is 22.4 Å². The quantitative estimate of drug-likeness (QED) is 0.695. The van der Waals surface area contributed by atoms with E-state index in [9.17, 15) is 4.79 Å². The van der Waals surface area contributed by atoms with E-state index >= 15 is 0 Å². The molecule has 0 bridgehead atoms. The van der Waals surface area contributed by atoms with Crippen molar-refractivity contribution in [3.63, 3.8) is 0 Å². The Morgan fingerprint density at radius 1 is 1.56 bits per heavy atom. The van der Waals surface area contributed by atoms with Gasteiger partial charge in [-0.05, 0) is 12.8 Å². The van der Waals surface area contributed by atoms with Gasteiger partial charge in [-0.2, -0.15) is 0 Å². The van der Waals surface area contributed by atoms with Gasteiger partial charge in [0.1, 0.15) is 5.82 Å². The van der Waals surface area contributed by atoms with Gasteiger partial charge in [-0.3, -0.25) is 4.79 Å². The average molecular weight is 222 g/mol. The van der Waals surface area contributed by atoms with E-state index in [0.29, 0.717) is 13.1 Å². The van der Waals surface area contributed by atoms with E-state index in [0.717, 1.165) is 31.5 Å². The molecule has 0 aliphatic heterocycles. The van der Waals surface area contributed by atoms with Crippen molar-refractivity contribution >= 4 is 5.91 Å². The largest absolute Gasteiger partial charge is 0.348 e. The molecule has 1 heterocycles. The Morgan fingerprint density at radius 2 is 2.31 bits per heavy atom. The number of H-pyrrole nitrogens is 1. The topological polar surface area (TPSA) is 83.8 Å². The first-order valence-electron chi connectivity index (χ1n) is 5.73. The van der Waals surface area contributed by atoms with E-state index in [1.165, 1.54) is 0 Å². The second-order valence-electron chi connectivity index (χ2n) is 4.41. The molecule has 1 aliphatic carbocycles. The fraction of sp³-hybridized carbons (Fsp3) is 0.636. The van der Waals surface area contributed by atoms with Crippen LogP contribution >= 0.6 is 0 Å². The van der Waals surface area contributed by atoms with Crippen LogP contribution in [0.1, 0.15) is 31.5 Å². The third-order valence-corrected chi connectivity index (χ3v) is 3.40. The maximum atomic E-state index is 12.1. The number of hydrogen-bond donors (Lipinski definition) is 3. The number of amides is 1. The van der Waals surface area contributed by atoms with Gasteiger partial charge >= 0.3 is 0 Å². The molecular weight excluding hydrogens is 204 g/mol. The van der Waals surface area contributed by atoms with E-state index in [1.807, 2.05) is 0 Å². The summed E-state index contributed by atoms with van der Waals surface area (Å²) in [5.74, 6) is 0.849. The lowest BCUT2D eigenvalue weighted by Crippen LogP contribution is -2.43. The Kier molecular flexibility index (Phi) is 3.24. The van der Waals surface area contributed by atoms with Crippen LogP contribution in [0.25, 0.3) is 0 Å². The number of aromatic amines is 1. The number of imidazole rings is 1. The first kappa shape index (κ1) is 11.1. The van der Waals surface area contributed by atoms with Crippen molar-refractivity contribution in [2.24, 2.45) is 11.1 Å². The van der Waals surface area contributed by atoms with Crippen molar-refractivity contribution in [1.29, 1.82) is 0 Å². The molecule has 4 N–H and O–H groups in total. The number of aromatic nitrogens is 2. The Labute approximate surface area is 94.8 Å². The summed E-state index contributed by atoms with van der Waals surface area (Å²) in [5.41, 5.74) is 5.41. The molecule has 0 unspecified atom stereocenters. The number of nitrogens with one attached hydrogen (secondary N) is 2. The zero-order chi connectivity index (χ0) is 11.4. The maximum absolute atomic E-state index is 12.1. The monoisotopic (exact) mass is 222 g/mol. The summed E-state index contributed by atoms with van der Waals surface area (Å²) in [6.07, 6.45) is 7.45. The molecule has 0 saturated heterocycles. The molecule has 0 spiro atoms. The second kappa shape index (κ2) is 4.65. The molecule has 1 aromatic rings. The van der Waals surface area contributed by atoms with E-state index in [2.05, 4.69) is 15.3 Å². The smallest absolute Gasteiger partial charge is 0.227 e. The Balaban J connectivity index is 1.91. The molecule has 5 nitrogen and oxygen atoms in total. The minimum absolute atomic E-state index is 0.0731. The highest BCUT2D eigenvalue weighted by Gasteiger charge is 2.39. The average Bonchev–Trinajstić information content (AvgIpc) is 2.97. The highest BCUT2D eigenvalue weighted by molar-refractivity contribution is 5.83. The van der Waals surface area contributed by atoms with Crippen molar-refractivity contribution in [3.05, 3.63) is 18.2 Å². The van der Waals surface area contributed by atoms with Crippen molar-refractivity contribution in [3.8, 4) is 0 Å². The van der Waals surface area contributed by atoms with Crippen LogP contribution in [0.3, 0.4) is 0 Å². The van der Waals surface area contributed by atoms with Gasteiger partial charge in [-0.25, -0.2) is 4.98 Å². The maximum Gasteiger partial charge on any atom is 0.227 e. The van der Waals surface area contributed by atoms with Gasteiger partial charge in [0.15, 0.2) is 0 Å². The van der Waals surface area contributed by atoms with Gasteiger partial charge in [-0.1, -0.05) is 12.8 Å². The molecule has 1 amide bonds. The van der Waals surface area contributed by atoms with Crippen LogP contribution in [0.15, 0.2) is 12.4 Å². The standard InChI is InChI=1S/C11H18N4O/c12-8-11(3-1-2-4-11)10(16)15-7-9-13-5-6-14-9/h5-6H,1-4,7-8,12H2,(H,13,14)(H,15,16). The summed E-state index contributed by atoms with van der Waals surface area (Å²) >= 11 is 0. The lowest BCUT2D eigenvalue weighted by Gasteiger charge is -2.25. The number of rotatable bonds is 4. The predicted octanol–water partition coefficient (Wildman–Crippen LogP) is 0.545. The van der Waals surface area contributed by atoms with Gasteiger partial charge in [0.2, 0.25) is 5.91 Å². The van der Waals surface area contributed by atoms with Gasteiger partial charge in [0, 0.05) is 18.9 Å². The van der Waals surface area contributed by atoms with Gasteiger partial charge < -0.3 is 16.0 Å². The lowest BCUT2D eigenvalue weighted by atomic mass is 9.85. The van der Waals surface area contributed by atoms with Gasteiger partial charge in [0.05, 0.1) is 12.0 Å². The number of carbonyl (C=O) groups is 1. The molecule has 0 aromatic carbocycles. The van der Waals surface area contributed by atoms with Crippen molar-refractivity contribution < 1.29 is 4.79 Å². The van der Waals surface area contributed by atoms with Gasteiger partial charge in [0.25, 0.3) is 0 Å². The Morgan fingerprint density at radius 3 is 2.88 bits per heavy atom. The fourth-order valence-corrected chi connectivity index (χ4v) is 2.32. The number of nitrogens with zero attached hydrogens (tertiary/aromatic N) is 1. The van der Waals surface area contributed by atoms with Crippen molar-refractivity contribution in [1.82, 2.24) is 15.3 Å². The molecule has 16 heavy (non-hydrogen) atoms. The second-order valence-corrected chi connectivity index (χ2v) is 4.41. The van der Waals surface area contributed by atoms with Gasteiger partial charge in [-0.15, -0.1) is 0 Å². The van der Waals surface area contributed by atoms with E-state index < -0.39 is 0 Å². The molecule has 2 rings (SSSR count). The van der Waals surface area contributed by atoms with Crippen LogP contribution in [0.4, 0.5) is 0 Å². The molecule has 1 aromatic heterocycles. The van der Waals surface area contributed by atoms with Crippen LogP contribution in [0.5, 0.6) is 0 Å². The number of nitrogens with two attached hydrogens (primary N) is 1. The molecule has 1 fully saturated rings. The van der Waals surface area contributed by atoms with Crippen molar-refractivity contribution in [2.75, 3.05) is 6.54 Å². The third-order valence-electron chi connectivity index (χ3n) is 3.40. The molecule has 1 aliphatic rings. The normalized spacial score (nSPS) is 18.6. The zero-order valence-corrected chi connectivity index (χ0v) is 9.33. The Bertz CT molecular complexity index is 341. The minimum atomic E-state index is -0.327. The molecule has 5 heteroatoms. The predicted molar refractivity (Wildman–Crippen MR) is 60.4 cm³/mol. The van der Waals surface area contributed by atoms with E-state index in [1.54, 1.807) is 12.4 Å². The van der Waals surface area contributed by atoms with E-state index in [-0.39, 0.29) is 11.3 Å². The Hall–Kier alpha value is -1.36. The third kappa shape index (κ3) is 2.09. The summed E-state index contributed by atoms with van der Waals surface area (Å²) in [5, 5.41) is 2.91. The fourth-order valence-electron chi connectivity index (χ4n) is 2.32. The molecular formula is C11H18N4O. The minimum Gasteiger partial charge on any atom is -0.348 e. The van der Waals surface area contributed by atoms with E-state index in [4.69, 9.17) is 5.73 Å². The molecule has 0 atom stereocenters. The molecule has 88 valence electrons. The van der Waals surface area contributed by atoms with Crippen LogP contribution in [-0.2, 0) is 11.3 Å².